The van der Waals surface area contributed by atoms with Gasteiger partial charge in [-0.05, 0) is 19.5 Å². The molecule has 2 rings (SSSR count). The van der Waals surface area contributed by atoms with Crippen LogP contribution in [0.4, 0.5) is 0 Å². The Morgan fingerprint density at radius 2 is 1.70 bits per heavy atom. The Kier molecular flexibility index (Phi) is 4.61. The third-order valence-corrected chi connectivity index (χ3v) is 2.17. The monoisotopic (exact) mass is 184 g/mol. The molecular weight excluding hydrogens is 171 g/mol. The zero-order valence-electron chi connectivity index (χ0n) is 5.88. The average molecular weight is 185 g/mol. The highest BCUT2D eigenvalue weighted by molar-refractivity contribution is 5.85. The number of nitrogens with zero attached hydrogens (tertiary/aromatic N) is 1. The van der Waals surface area contributed by atoms with Crippen molar-refractivity contribution in [2.24, 2.45) is 0 Å². The summed E-state index contributed by atoms with van der Waals surface area (Å²) >= 11 is 0. The van der Waals surface area contributed by atoms with Crippen molar-refractivity contribution in [3.8, 4) is 0 Å². The standard InChI is InChI=1S/C6H12N2.2ClH/c1-2-8(3-1)6-4-7-5-6;;/h6-7H,1-5H2;2*1H. The minimum atomic E-state index is 0. The van der Waals surface area contributed by atoms with Crippen LogP contribution in [-0.4, -0.2) is 37.1 Å². The molecule has 62 valence electrons. The second-order valence-electron chi connectivity index (χ2n) is 2.70. The van der Waals surface area contributed by atoms with Crippen molar-refractivity contribution in [3.05, 3.63) is 0 Å². The molecule has 2 fully saturated rings. The van der Waals surface area contributed by atoms with Gasteiger partial charge >= 0.3 is 0 Å². The number of halogens is 2. The molecule has 0 aliphatic carbocycles. The number of rotatable bonds is 1. The number of nitrogens with one attached hydrogen (secondary N) is 1. The molecule has 10 heavy (non-hydrogen) atoms. The van der Waals surface area contributed by atoms with Crippen molar-refractivity contribution < 1.29 is 0 Å². The van der Waals surface area contributed by atoms with Crippen LogP contribution in [0.3, 0.4) is 0 Å². The fraction of sp³-hybridized carbons (Fsp3) is 1.00. The molecular formula is C6H14Cl2N2. The molecule has 0 radical (unpaired) electrons. The first-order valence-electron chi connectivity index (χ1n) is 3.41. The molecule has 0 atom stereocenters. The van der Waals surface area contributed by atoms with E-state index < -0.39 is 0 Å². The molecule has 0 amide bonds. The van der Waals surface area contributed by atoms with Crippen LogP contribution in [0, 0.1) is 0 Å². The van der Waals surface area contributed by atoms with Gasteiger partial charge in [0.2, 0.25) is 0 Å². The van der Waals surface area contributed by atoms with E-state index in [0.717, 1.165) is 6.04 Å². The Hall–Kier alpha value is 0.500. The lowest BCUT2D eigenvalue weighted by atomic mass is 10.1. The molecule has 2 nitrogen and oxygen atoms in total. The second kappa shape index (κ2) is 4.39. The molecule has 1 N–H and O–H groups in total. The first-order valence-corrected chi connectivity index (χ1v) is 3.41. The lowest BCUT2D eigenvalue weighted by Crippen LogP contribution is -2.60. The zero-order valence-corrected chi connectivity index (χ0v) is 7.51. The third-order valence-electron chi connectivity index (χ3n) is 2.17. The van der Waals surface area contributed by atoms with Gasteiger partial charge in [-0.25, -0.2) is 0 Å². The van der Waals surface area contributed by atoms with Gasteiger partial charge in [-0.1, -0.05) is 0 Å². The number of hydrogen-bond donors (Lipinski definition) is 1. The normalized spacial score (nSPS) is 25.2. The molecule has 2 aliphatic rings. The van der Waals surface area contributed by atoms with Crippen LogP contribution < -0.4 is 5.32 Å². The molecule has 2 saturated heterocycles. The maximum atomic E-state index is 3.27. The fourth-order valence-corrected chi connectivity index (χ4v) is 1.24. The number of likely N-dealkylation sites (tertiary alicyclic amines) is 1. The van der Waals surface area contributed by atoms with E-state index in [-0.39, 0.29) is 24.8 Å². The Bertz CT molecular complexity index is 79.7. The molecule has 0 aromatic carbocycles. The summed E-state index contributed by atoms with van der Waals surface area (Å²) in [5.41, 5.74) is 0. The molecule has 2 heterocycles. The lowest BCUT2D eigenvalue weighted by Gasteiger charge is -2.43. The summed E-state index contributed by atoms with van der Waals surface area (Å²) in [5, 5.41) is 3.27. The van der Waals surface area contributed by atoms with Crippen molar-refractivity contribution in [2.75, 3.05) is 26.2 Å². The summed E-state index contributed by atoms with van der Waals surface area (Å²) in [7, 11) is 0. The van der Waals surface area contributed by atoms with Gasteiger partial charge in [0.25, 0.3) is 0 Å². The Balaban J connectivity index is 0.000000405. The molecule has 0 saturated carbocycles. The van der Waals surface area contributed by atoms with E-state index in [1.165, 1.54) is 32.6 Å². The first-order chi connectivity index (χ1) is 3.97. The smallest absolute Gasteiger partial charge is 0.0345 e. The molecule has 0 unspecified atom stereocenters. The van der Waals surface area contributed by atoms with Gasteiger partial charge in [-0.3, -0.25) is 4.90 Å². The highest BCUT2D eigenvalue weighted by atomic mass is 35.5. The summed E-state index contributed by atoms with van der Waals surface area (Å²) in [4.78, 5) is 2.55. The summed E-state index contributed by atoms with van der Waals surface area (Å²) < 4.78 is 0. The fourth-order valence-electron chi connectivity index (χ4n) is 1.24. The summed E-state index contributed by atoms with van der Waals surface area (Å²) in [6.45, 7) is 5.18. The number of hydrogen-bond acceptors (Lipinski definition) is 2. The quantitative estimate of drug-likeness (QED) is 0.640. The second-order valence-corrected chi connectivity index (χ2v) is 2.70. The average Bonchev–Trinajstić information content (AvgIpc) is 1.47. The predicted octanol–water partition coefficient (Wildman–Crippen LogP) is 0.507. The topological polar surface area (TPSA) is 15.3 Å². The largest absolute Gasteiger partial charge is 0.314 e. The molecule has 0 aromatic rings. The zero-order chi connectivity index (χ0) is 5.40. The van der Waals surface area contributed by atoms with Gasteiger partial charge in [0.15, 0.2) is 0 Å². The van der Waals surface area contributed by atoms with E-state index in [1.54, 1.807) is 0 Å². The van der Waals surface area contributed by atoms with E-state index in [2.05, 4.69) is 10.2 Å². The van der Waals surface area contributed by atoms with Crippen molar-refractivity contribution in [3.63, 3.8) is 0 Å². The van der Waals surface area contributed by atoms with E-state index in [4.69, 9.17) is 0 Å². The van der Waals surface area contributed by atoms with E-state index >= 15 is 0 Å². The SMILES string of the molecule is C1CN(C2CNC2)C1.Cl.Cl. The van der Waals surface area contributed by atoms with Gasteiger partial charge in [-0.2, -0.15) is 0 Å². The van der Waals surface area contributed by atoms with Gasteiger partial charge in [-0.15, -0.1) is 24.8 Å². The van der Waals surface area contributed by atoms with Crippen LogP contribution in [-0.2, 0) is 0 Å². The van der Waals surface area contributed by atoms with E-state index in [1.807, 2.05) is 0 Å². The Morgan fingerprint density at radius 3 is 1.80 bits per heavy atom. The van der Waals surface area contributed by atoms with Crippen molar-refractivity contribution in [1.82, 2.24) is 10.2 Å². The highest BCUT2D eigenvalue weighted by Gasteiger charge is 2.27. The minimum absolute atomic E-state index is 0. The van der Waals surface area contributed by atoms with E-state index in [9.17, 15) is 0 Å². The van der Waals surface area contributed by atoms with Crippen LogP contribution in [0.2, 0.25) is 0 Å². The van der Waals surface area contributed by atoms with Crippen LogP contribution in [0.5, 0.6) is 0 Å². The first kappa shape index (κ1) is 10.5. The van der Waals surface area contributed by atoms with Gasteiger partial charge in [0.1, 0.15) is 0 Å². The maximum absolute atomic E-state index is 3.27. The van der Waals surface area contributed by atoms with E-state index in [0.29, 0.717) is 0 Å². The third kappa shape index (κ3) is 1.76. The van der Waals surface area contributed by atoms with Gasteiger partial charge in [0.05, 0.1) is 0 Å². The van der Waals surface area contributed by atoms with Gasteiger partial charge in [0, 0.05) is 19.1 Å². The molecule has 0 spiro atoms. The minimum Gasteiger partial charge on any atom is -0.314 e. The van der Waals surface area contributed by atoms with Crippen molar-refractivity contribution in [2.45, 2.75) is 12.5 Å². The molecule has 0 bridgehead atoms. The Labute approximate surface area is 74.2 Å². The summed E-state index contributed by atoms with van der Waals surface area (Å²) in [6.07, 6.45) is 1.43. The van der Waals surface area contributed by atoms with Crippen molar-refractivity contribution in [1.29, 1.82) is 0 Å². The lowest BCUT2D eigenvalue weighted by molar-refractivity contribution is 0.0827. The maximum Gasteiger partial charge on any atom is 0.0345 e. The summed E-state index contributed by atoms with van der Waals surface area (Å²) in [6, 6.07) is 0.906. The van der Waals surface area contributed by atoms with Gasteiger partial charge < -0.3 is 5.32 Å². The van der Waals surface area contributed by atoms with Crippen LogP contribution in [0.1, 0.15) is 6.42 Å². The van der Waals surface area contributed by atoms with Crippen LogP contribution >= 0.6 is 24.8 Å². The van der Waals surface area contributed by atoms with Crippen LogP contribution in [0.25, 0.3) is 0 Å². The summed E-state index contributed by atoms with van der Waals surface area (Å²) in [5.74, 6) is 0. The molecule has 0 aromatic heterocycles. The Morgan fingerprint density at radius 1 is 1.10 bits per heavy atom. The molecule has 2 aliphatic heterocycles. The highest BCUT2D eigenvalue weighted by Crippen LogP contribution is 2.13. The predicted molar refractivity (Wildman–Crippen MR) is 47.3 cm³/mol. The van der Waals surface area contributed by atoms with Crippen LogP contribution in [0.15, 0.2) is 0 Å². The van der Waals surface area contributed by atoms with Crippen molar-refractivity contribution >= 4 is 24.8 Å². The molecule has 4 heteroatoms.